The van der Waals surface area contributed by atoms with E-state index >= 15 is 0 Å². The number of halogens is 5. The van der Waals surface area contributed by atoms with Crippen LogP contribution in [0.5, 0.6) is 0 Å². The molecule has 11 heteroatoms. The first kappa shape index (κ1) is 22.6. The molecule has 0 unspecified atom stereocenters. The number of aromatic nitrogens is 2. The smallest absolute Gasteiger partial charge is 0.232 e. The number of nitrogens with two attached hydrogens (primary N) is 1. The zero-order chi connectivity index (χ0) is 24.0. The average Bonchev–Trinajstić information content (AvgIpc) is 3.15. The second-order valence-electron chi connectivity index (χ2n) is 7.03. The highest BCUT2D eigenvalue weighted by atomic mass is 32.2. The highest BCUT2D eigenvalue weighted by Crippen LogP contribution is 2.43. The molecule has 0 aliphatic heterocycles. The van der Waals surface area contributed by atoms with Gasteiger partial charge in [-0.05, 0) is 54.1 Å². The van der Waals surface area contributed by atoms with Crippen LogP contribution in [0.15, 0.2) is 77.7 Å². The van der Waals surface area contributed by atoms with Crippen molar-refractivity contribution in [1.29, 1.82) is 0 Å². The molecule has 5 nitrogen and oxygen atoms in total. The molecular weight excluding hydrogens is 465 g/mol. The van der Waals surface area contributed by atoms with Gasteiger partial charge in [-0.2, -0.15) is 18.3 Å². The van der Waals surface area contributed by atoms with E-state index in [1.54, 1.807) is 0 Å². The maximum atomic E-state index is 14.0. The van der Waals surface area contributed by atoms with Gasteiger partial charge in [0, 0.05) is 11.1 Å². The Morgan fingerprint density at radius 1 is 0.758 bits per heavy atom. The van der Waals surface area contributed by atoms with Crippen LogP contribution in [0.2, 0.25) is 0 Å². The fourth-order valence-electron chi connectivity index (χ4n) is 3.34. The van der Waals surface area contributed by atoms with Crippen molar-refractivity contribution in [3.05, 3.63) is 90.1 Å². The Hall–Kier alpha value is -3.57. The predicted octanol–water partition coefficient (Wildman–Crippen LogP) is 5.15. The van der Waals surface area contributed by atoms with Crippen molar-refractivity contribution in [2.75, 3.05) is 0 Å². The quantitative estimate of drug-likeness (QED) is 0.411. The maximum absolute atomic E-state index is 14.0. The lowest BCUT2D eigenvalue weighted by atomic mass is 9.98. The summed E-state index contributed by atoms with van der Waals surface area (Å²) in [5, 5.41) is 8.87. The largest absolute Gasteiger partial charge is 0.435 e. The molecular formula is C22H14F5N3O2S. The summed E-state index contributed by atoms with van der Waals surface area (Å²) >= 11 is 0. The van der Waals surface area contributed by atoms with Crippen LogP contribution in [0.1, 0.15) is 5.69 Å². The number of nitrogens with zero attached hydrogens (tertiary/aromatic N) is 2. The van der Waals surface area contributed by atoms with Gasteiger partial charge in [0.25, 0.3) is 0 Å². The molecule has 4 aromatic rings. The Morgan fingerprint density at radius 2 is 1.24 bits per heavy atom. The summed E-state index contributed by atoms with van der Waals surface area (Å²) in [7, 11) is -4.04. The Kier molecular flexibility index (Phi) is 5.54. The van der Waals surface area contributed by atoms with E-state index in [4.69, 9.17) is 5.14 Å². The maximum Gasteiger partial charge on any atom is 0.435 e. The van der Waals surface area contributed by atoms with Gasteiger partial charge >= 0.3 is 6.18 Å². The first-order valence-electron chi connectivity index (χ1n) is 9.30. The predicted molar refractivity (Wildman–Crippen MR) is 111 cm³/mol. The van der Waals surface area contributed by atoms with Crippen LogP contribution in [-0.2, 0) is 16.2 Å². The van der Waals surface area contributed by atoms with Gasteiger partial charge in [0.15, 0.2) is 5.69 Å². The fraction of sp³-hybridized carbons (Fsp3) is 0.0455. The molecule has 1 heterocycles. The summed E-state index contributed by atoms with van der Waals surface area (Å²) < 4.78 is 93.1. The highest BCUT2D eigenvalue weighted by molar-refractivity contribution is 7.89. The Morgan fingerprint density at radius 3 is 1.73 bits per heavy atom. The van der Waals surface area contributed by atoms with Crippen LogP contribution in [-0.4, -0.2) is 18.2 Å². The van der Waals surface area contributed by atoms with Crippen LogP contribution in [0.25, 0.3) is 28.1 Å². The van der Waals surface area contributed by atoms with E-state index in [1.165, 1.54) is 36.4 Å². The van der Waals surface area contributed by atoms with Gasteiger partial charge in [0.1, 0.15) is 11.6 Å². The van der Waals surface area contributed by atoms with Crippen LogP contribution in [0.3, 0.4) is 0 Å². The Balaban J connectivity index is 2.07. The minimum atomic E-state index is -4.88. The third-order valence-electron chi connectivity index (χ3n) is 4.81. The first-order valence-corrected chi connectivity index (χ1v) is 10.8. The molecule has 1 aromatic heterocycles. The number of benzene rings is 3. The van der Waals surface area contributed by atoms with Crippen LogP contribution >= 0.6 is 0 Å². The van der Waals surface area contributed by atoms with Crippen molar-refractivity contribution in [2.45, 2.75) is 11.1 Å². The zero-order valence-corrected chi connectivity index (χ0v) is 17.3. The Bertz CT molecular complexity index is 1410. The van der Waals surface area contributed by atoms with Gasteiger partial charge in [-0.25, -0.2) is 27.0 Å². The van der Waals surface area contributed by atoms with Gasteiger partial charge < -0.3 is 0 Å². The summed E-state index contributed by atoms with van der Waals surface area (Å²) in [6.07, 6.45) is -4.88. The molecule has 0 saturated carbocycles. The van der Waals surface area contributed by atoms with E-state index in [1.807, 2.05) is 0 Å². The zero-order valence-electron chi connectivity index (χ0n) is 16.5. The van der Waals surface area contributed by atoms with Crippen molar-refractivity contribution in [2.24, 2.45) is 5.14 Å². The third-order valence-corrected chi connectivity index (χ3v) is 5.74. The standard InChI is InChI=1S/C22H14F5N3O2S/c23-15-5-1-13(2-6-15)19-20(14-3-11-18(12-4-14)33(28,31)32)30(29-21(19)22(25,26)27)17-9-7-16(24)8-10-17/h1-12H,(H2,28,31,32). The molecule has 33 heavy (non-hydrogen) atoms. The topological polar surface area (TPSA) is 78.0 Å². The lowest BCUT2D eigenvalue weighted by molar-refractivity contribution is -0.140. The molecule has 4 rings (SSSR count). The number of primary sulfonamides is 1. The minimum absolute atomic E-state index is 0.0302. The van der Waals surface area contributed by atoms with Gasteiger partial charge in [-0.1, -0.05) is 24.3 Å². The van der Waals surface area contributed by atoms with Gasteiger partial charge in [0.2, 0.25) is 10.0 Å². The molecule has 0 amide bonds. The molecule has 3 aromatic carbocycles. The lowest BCUT2D eigenvalue weighted by Crippen LogP contribution is -2.11. The molecule has 2 N–H and O–H groups in total. The van der Waals surface area contributed by atoms with Crippen molar-refractivity contribution in [3.63, 3.8) is 0 Å². The summed E-state index contributed by atoms with van der Waals surface area (Å²) in [6, 6.07) is 13.9. The molecule has 0 saturated heterocycles. The molecule has 0 spiro atoms. The lowest BCUT2D eigenvalue weighted by Gasteiger charge is -2.12. The Labute approximate surface area is 185 Å². The molecule has 0 aliphatic rings. The fourth-order valence-corrected chi connectivity index (χ4v) is 3.86. The number of alkyl halides is 3. The van der Waals surface area contributed by atoms with Crippen LogP contribution in [0.4, 0.5) is 22.0 Å². The van der Waals surface area contributed by atoms with Crippen molar-refractivity contribution in [1.82, 2.24) is 9.78 Å². The summed E-state index contributed by atoms with van der Waals surface area (Å²) in [4.78, 5) is -0.238. The number of hydrogen-bond donors (Lipinski definition) is 1. The van der Waals surface area contributed by atoms with E-state index in [-0.39, 0.29) is 33.0 Å². The van der Waals surface area contributed by atoms with E-state index in [0.717, 1.165) is 41.1 Å². The number of sulfonamides is 1. The number of hydrogen-bond acceptors (Lipinski definition) is 3. The minimum Gasteiger partial charge on any atom is -0.232 e. The van der Waals surface area contributed by atoms with Gasteiger partial charge in [-0.15, -0.1) is 0 Å². The van der Waals surface area contributed by atoms with E-state index in [2.05, 4.69) is 5.10 Å². The SMILES string of the molecule is NS(=O)(=O)c1ccc(-c2c(-c3ccc(F)cc3)c(C(F)(F)F)nn2-c2ccc(F)cc2)cc1. The second-order valence-corrected chi connectivity index (χ2v) is 8.60. The molecule has 0 atom stereocenters. The average molecular weight is 479 g/mol. The third kappa shape index (κ3) is 4.50. The van der Waals surface area contributed by atoms with Crippen LogP contribution in [0, 0.1) is 11.6 Å². The summed E-state index contributed by atoms with van der Waals surface area (Å²) in [5.41, 5.74) is -1.32. The van der Waals surface area contributed by atoms with Gasteiger partial charge in [0.05, 0.1) is 16.3 Å². The molecule has 170 valence electrons. The second kappa shape index (κ2) is 8.09. The van der Waals surface area contributed by atoms with Crippen molar-refractivity contribution >= 4 is 10.0 Å². The van der Waals surface area contributed by atoms with Crippen molar-refractivity contribution in [3.8, 4) is 28.1 Å². The molecule has 0 fully saturated rings. The van der Waals surface area contributed by atoms with Gasteiger partial charge in [-0.3, -0.25) is 0 Å². The number of rotatable bonds is 4. The molecule has 0 bridgehead atoms. The van der Waals surface area contributed by atoms with Crippen molar-refractivity contribution < 1.29 is 30.4 Å². The monoisotopic (exact) mass is 479 g/mol. The molecule has 0 radical (unpaired) electrons. The van der Waals surface area contributed by atoms with E-state index < -0.39 is 33.5 Å². The summed E-state index contributed by atoms with van der Waals surface area (Å²) in [5.74, 6) is -1.24. The van der Waals surface area contributed by atoms with E-state index in [9.17, 15) is 30.4 Å². The highest BCUT2D eigenvalue weighted by Gasteiger charge is 2.40. The van der Waals surface area contributed by atoms with Crippen LogP contribution < -0.4 is 5.14 Å². The first-order chi connectivity index (χ1) is 15.4. The summed E-state index contributed by atoms with van der Waals surface area (Å²) in [6.45, 7) is 0. The normalized spacial score (nSPS) is 12.2. The van der Waals surface area contributed by atoms with E-state index in [0.29, 0.717) is 0 Å². The molecule has 0 aliphatic carbocycles.